The minimum Gasteiger partial charge on any atom is -0.465 e. The van der Waals surface area contributed by atoms with Gasteiger partial charge in [-0.1, -0.05) is 12.1 Å². The molecule has 0 unspecified atom stereocenters. The summed E-state index contributed by atoms with van der Waals surface area (Å²) in [6, 6.07) is 5.16. The van der Waals surface area contributed by atoms with E-state index in [1.165, 1.54) is 23.1 Å². The van der Waals surface area contributed by atoms with Gasteiger partial charge in [0, 0.05) is 18.5 Å². The number of nitrogens with zero attached hydrogens (tertiary/aromatic N) is 1. The lowest BCUT2D eigenvalue weighted by Crippen LogP contribution is -2.39. The summed E-state index contributed by atoms with van der Waals surface area (Å²) >= 11 is 0. The fraction of sp³-hybridized carbons (Fsp3) is 0.375. The van der Waals surface area contributed by atoms with Gasteiger partial charge in [0.25, 0.3) is 5.56 Å². The van der Waals surface area contributed by atoms with Crippen molar-refractivity contribution in [3.63, 3.8) is 0 Å². The number of benzene rings is 1. The molecule has 1 aliphatic rings. The van der Waals surface area contributed by atoms with Crippen LogP contribution in [-0.2, 0) is 6.18 Å². The highest BCUT2D eigenvalue weighted by Gasteiger charge is 2.36. The summed E-state index contributed by atoms with van der Waals surface area (Å²) in [6.07, 6.45) is -4.81. The fourth-order valence-electron chi connectivity index (χ4n) is 3.16. The van der Waals surface area contributed by atoms with E-state index in [1.807, 2.05) is 0 Å². The highest BCUT2D eigenvalue weighted by molar-refractivity contribution is 5.66. The van der Waals surface area contributed by atoms with Crippen molar-refractivity contribution in [3.05, 3.63) is 57.6 Å². The summed E-state index contributed by atoms with van der Waals surface area (Å²) in [5.41, 5.74) is -0.707. The second kappa shape index (κ2) is 6.30. The standard InChI is InChI=1S/C16H15F3N2O4/c17-16(18,19)11-3-1-9(2-4-11)12-7-10(5-6-21(12)15(23)24)13-8-14(22)20-25-13/h1-4,8,10,12H,5-7H2,(H,20,22)(H,23,24)/t10-,12-/m1/s1. The molecule has 3 rings (SSSR count). The largest absolute Gasteiger partial charge is 0.465 e. The minimum atomic E-state index is -4.45. The van der Waals surface area contributed by atoms with Gasteiger partial charge in [0.2, 0.25) is 0 Å². The van der Waals surface area contributed by atoms with Gasteiger partial charge < -0.3 is 14.5 Å². The van der Waals surface area contributed by atoms with Crippen molar-refractivity contribution in [2.45, 2.75) is 31.0 Å². The molecule has 1 aromatic heterocycles. The second-order valence-electron chi connectivity index (χ2n) is 5.95. The van der Waals surface area contributed by atoms with Gasteiger partial charge in [0.1, 0.15) is 5.76 Å². The molecule has 134 valence electrons. The Balaban J connectivity index is 1.88. The maximum absolute atomic E-state index is 12.7. The fourth-order valence-corrected chi connectivity index (χ4v) is 3.16. The van der Waals surface area contributed by atoms with Crippen LogP contribution in [0.2, 0.25) is 0 Å². The molecule has 1 amide bonds. The number of amides is 1. The summed E-state index contributed by atoms with van der Waals surface area (Å²) < 4.78 is 43.2. The molecular formula is C16H15F3N2O4. The molecular weight excluding hydrogens is 341 g/mol. The van der Waals surface area contributed by atoms with E-state index in [2.05, 4.69) is 5.16 Å². The summed E-state index contributed by atoms with van der Waals surface area (Å²) in [5, 5.41) is 11.6. The van der Waals surface area contributed by atoms with E-state index < -0.39 is 23.9 Å². The molecule has 1 aromatic carbocycles. The first-order chi connectivity index (χ1) is 11.8. The van der Waals surface area contributed by atoms with Gasteiger partial charge in [-0.2, -0.15) is 18.3 Å². The van der Waals surface area contributed by atoms with Gasteiger partial charge >= 0.3 is 12.3 Å². The molecule has 2 aromatic rings. The number of rotatable bonds is 2. The van der Waals surface area contributed by atoms with Crippen LogP contribution in [0.25, 0.3) is 0 Å². The first kappa shape index (κ1) is 17.1. The number of hydrogen-bond acceptors (Lipinski definition) is 3. The molecule has 1 saturated heterocycles. The van der Waals surface area contributed by atoms with E-state index in [0.29, 0.717) is 24.2 Å². The van der Waals surface area contributed by atoms with Crippen molar-refractivity contribution in [2.75, 3.05) is 6.54 Å². The Bertz CT molecular complexity index is 810. The number of hydrogen-bond donors (Lipinski definition) is 2. The molecule has 1 fully saturated rings. The Hall–Kier alpha value is -2.71. The quantitative estimate of drug-likeness (QED) is 0.861. The number of aromatic nitrogens is 1. The predicted octanol–water partition coefficient (Wildman–Crippen LogP) is 3.59. The Kier molecular flexibility index (Phi) is 4.32. The molecule has 1 aliphatic heterocycles. The Morgan fingerprint density at radius 1 is 1.28 bits per heavy atom. The van der Waals surface area contributed by atoms with Gasteiger partial charge in [-0.15, -0.1) is 0 Å². The number of halogens is 3. The van der Waals surface area contributed by atoms with Crippen LogP contribution < -0.4 is 5.56 Å². The molecule has 0 aliphatic carbocycles. The monoisotopic (exact) mass is 356 g/mol. The predicted molar refractivity (Wildman–Crippen MR) is 80.2 cm³/mol. The summed E-state index contributed by atoms with van der Waals surface area (Å²) in [4.78, 5) is 23.9. The average Bonchev–Trinajstić information content (AvgIpc) is 3.00. The lowest BCUT2D eigenvalue weighted by atomic mass is 9.85. The van der Waals surface area contributed by atoms with E-state index in [9.17, 15) is 27.9 Å². The van der Waals surface area contributed by atoms with E-state index in [4.69, 9.17) is 4.52 Å². The first-order valence-corrected chi connectivity index (χ1v) is 7.61. The third kappa shape index (κ3) is 3.54. The molecule has 0 spiro atoms. The normalized spacial score (nSPS) is 21.3. The van der Waals surface area contributed by atoms with Gasteiger partial charge in [-0.25, -0.2) is 4.79 Å². The molecule has 0 radical (unpaired) electrons. The Labute approximate surface area is 139 Å². The summed E-state index contributed by atoms with van der Waals surface area (Å²) in [6.45, 7) is 0.195. The highest BCUT2D eigenvalue weighted by atomic mass is 19.4. The van der Waals surface area contributed by atoms with Crippen LogP contribution in [0.15, 0.2) is 39.6 Å². The third-order valence-electron chi connectivity index (χ3n) is 4.42. The van der Waals surface area contributed by atoms with Crippen LogP contribution in [0.4, 0.5) is 18.0 Å². The van der Waals surface area contributed by atoms with Crippen molar-refractivity contribution >= 4 is 6.09 Å². The van der Waals surface area contributed by atoms with Crippen molar-refractivity contribution in [1.29, 1.82) is 0 Å². The SMILES string of the molecule is O=C(O)N1CC[C@@H](c2cc(=O)[nH]o2)C[C@@H]1c1ccc(C(F)(F)F)cc1. The summed E-state index contributed by atoms with van der Waals surface area (Å²) in [7, 11) is 0. The molecule has 9 heteroatoms. The maximum atomic E-state index is 12.7. The number of carbonyl (C=O) groups is 1. The van der Waals surface area contributed by atoms with Crippen LogP contribution >= 0.6 is 0 Å². The topological polar surface area (TPSA) is 86.5 Å². The van der Waals surface area contributed by atoms with E-state index >= 15 is 0 Å². The number of piperidine rings is 1. The zero-order chi connectivity index (χ0) is 18.2. The second-order valence-corrected chi connectivity index (χ2v) is 5.95. The molecule has 2 atom stereocenters. The van der Waals surface area contributed by atoms with Gasteiger partial charge in [0.15, 0.2) is 0 Å². The van der Waals surface area contributed by atoms with Gasteiger partial charge in [-0.05, 0) is 30.5 Å². The van der Waals surface area contributed by atoms with Crippen LogP contribution in [0.3, 0.4) is 0 Å². The van der Waals surface area contributed by atoms with Crippen molar-refractivity contribution in [3.8, 4) is 0 Å². The molecule has 2 heterocycles. The lowest BCUT2D eigenvalue weighted by molar-refractivity contribution is -0.137. The van der Waals surface area contributed by atoms with Crippen LogP contribution in [-0.4, -0.2) is 27.8 Å². The number of alkyl halides is 3. The molecule has 25 heavy (non-hydrogen) atoms. The number of H-pyrrole nitrogens is 1. The van der Waals surface area contributed by atoms with Gasteiger partial charge in [-0.3, -0.25) is 4.79 Å². The zero-order valence-electron chi connectivity index (χ0n) is 12.9. The molecule has 0 saturated carbocycles. The first-order valence-electron chi connectivity index (χ1n) is 7.61. The molecule has 6 nitrogen and oxygen atoms in total. The van der Waals surface area contributed by atoms with Crippen molar-refractivity contribution in [2.24, 2.45) is 0 Å². The summed E-state index contributed by atoms with van der Waals surface area (Å²) in [5.74, 6) is 0.230. The lowest BCUT2D eigenvalue weighted by Gasteiger charge is -2.37. The van der Waals surface area contributed by atoms with Crippen LogP contribution in [0, 0.1) is 0 Å². The van der Waals surface area contributed by atoms with Crippen LogP contribution in [0.1, 0.15) is 41.7 Å². The third-order valence-corrected chi connectivity index (χ3v) is 4.42. The van der Waals surface area contributed by atoms with E-state index in [1.54, 1.807) is 0 Å². The number of likely N-dealkylation sites (tertiary alicyclic amines) is 1. The number of carboxylic acid groups (broad SMARTS) is 1. The smallest absolute Gasteiger partial charge is 0.416 e. The average molecular weight is 356 g/mol. The maximum Gasteiger partial charge on any atom is 0.416 e. The molecule has 0 bridgehead atoms. The van der Waals surface area contributed by atoms with E-state index in [0.717, 1.165) is 12.1 Å². The van der Waals surface area contributed by atoms with Crippen molar-refractivity contribution in [1.82, 2.24) is 10.1 Å². The van der Waals surface area contributed by atoms with Crippen molar-refractivity contribution < 1.29 is 27.6 Å². The molecule has 2 N–H and O–H groups in total. The number of aromatic amines is 1. The Morgan fingerprint density at radius 2 is 1.96 bits per heavy atom. The van der Waals surface area contributed by atoms with E-state index in [-0.39, 0.29) is 18.0 Å². The highest BCUT2D eigenvalue weighted by Crippen LogP contribution is 2.40. The number of nitrogens with one attached hydrogen (secondary N) is 1. The zero-order valence-corrected chi connectivity index (χ0v) is 12.9. The minimum absolute atomic E-state index is 0.193. The Morgan fingerprint density at radius 3 is 2.48 bits per heavy atom. The van der Waals surface area contributed by atoms with Gasteiger partial charge in [0.05, 0.1) is 11.6 Å². The van der Waals surface area contributed by atoms with Crippen LogP contribution in [0.5, 0.6) is 0 Å².